The minimum atomic E-state index is -0.262. The SMILES string of the molecule is CCc1nnc(NC(=O)c2ccccc2NN)s1. The van der Waals surface area contributed by atoms with Gasteiger partial charge in [0.05, 0.1) is 11.3 Å². The first-order valence-corrected chi connectivity index (χ1v) is 6.25. The first-order valence-electron chi connectivity index (χ1n) is 5.44. The molecule has 1 aromatic carbocycles. The van der Waals surface area contributed by atoms with Crippen molar-refractivity contribution in [3.63, 3.8) is 0 Å². The van der Waals surface area contributed by atoms with Crippen LogP contribution in [-0.2, 0) is 6.42 Å². The summed E-state index contributed by atoms with van der Waals surface area (Å²) < 4.78 is 0. The molecule has 0 saturated heterocycles. The zero-order valence-corrected chi connectivity index (χ0v) is 10.6. The summed E-state index contributed by atoms with van der Waals surface area (Å²) >= 11 is 1.36. The van der Waals surface area contributed by atoms with Crippen LogP contribution >= 0.6 is 11.3 Å². The number of para-hydroxylation sites is 1. The molecule has 0 aliphatic carbocycles. The number of nitrogens with two attached hydrogens (primary N) is 1. The van der Waals surface area contributed by atoms with Crippen LogP contribution in [0.1, 0.15) is 22.3 Å². The first kappa shape index (κ1) is 12.5. The topological polar surface area (TPSA) is 92.9 Å². The summed E-state index contributed by atoms with van der Waals surface area (Å²) in [4.78, 5) is 12.0. The summed E-state index contributed by atoms with van der Waals surface area (Å²) in [5.74, 6) is 5.09. The van der Waals surface area contributed by atoms with Gasteiger partial charge in [0.1, 0.15) is 5.01 Å². The maximum absolute atomic E-state index is 12.0. The van der Waals surface area contributed by atoms with E-state index < -0.39 is 0 Å². The number of hydrogen-bond donors (Lipinski definition) is 3. The van der Waals surface area contributed by atoms with Crippen LogP contribution in [0.4, 0.5) is 10.8 Å². The van der Waals surface area contributed by atoms with Gasteiger partial charge in [0, 0.05) is 0 Å². The van der Waals surface area contributed by atoms with Crippen LogP contribution in [0.15, 0.2) is 24.3 Å². The minimum absolute atomic E-state index is 0.262. The largest absolute Gasteiger partial charge is 0.323 e. The van der Waals surface area contributed by atoms with Crippen molar-refractivity contribution in [3.05, 3.63) is 34.8 Å². The summed E-state index contributed by atoms with van der Waals surface area (Å²) in [6.07, 6.45) is 0.800. The standard InChI is InChI=1S/C11H13N5OS/c1-2-9-15-16-11(18-9)13-10(17)7-5-3-4-6-8(7)14-12/h3-6,14H,2,12H2,1H3,(H,13,16,17). The summed E-state index contributed by atoms with van der Waals surface area (Å²) in [5.41, 5.74) is 3.52. The quantitative estimate of drug-likeness (QED) is 0.576. The number of aromatic nitrogens is 2. The molecule has 2 aromatic rings. The number of nitrogens with one attached hydrogen (secondary N) is 2. The van der Waals surface area contributed by atoms with Crippen LogP contribution in [0, 0.1) is 0 Å². The van der Waals surface area contributed by atoms with Crippen LogP contribution < -0.4 is 16.6 Å². The summed E-state index contributed by atoms with van der Waals surface area (Å²) in [6, 6.07) is 6.98. The molecule has 0 fully saturated rings. The Morgan fingerprint density at radius 2 is 2.17 bits per heavy atom. The van der Waals surface area contributed by atoms with E-state index in [2.05, 4.69) is 20.9 Å². The van der Waals surface area contributed by atoms with Gasteiger partial charge >= 0.3 is 0 Å². The molecule has 1 aromatic heterocycles. The number of carbonyl (C=O) groups excluding carboxylic acids is 1. The molecule has 0 saturated carbocycles. The highest BCUT2D eigenvalue weighted by atomic mass is 32.1. The fourth-order valence-corrected chi connectivity index (χ4v) is 2.09. The Morgan fingerprint density at radius 3 is 2.83 bits per heavy atom. The highest BCUT2D eigenvalue weighted by Crippen LogP contribution is 2.19. The number of aryl methyl sites for hydroxylation is 1. The van der Waals surface area contributed by atoms with Gasteiger partial charge in [-0.05, 0) is 18.6 Å². The van der Waals surface area contributed by atoms with Crippen molar-refractivity contribution in [2.45, 2.75) is 13.3 Å². The summed E-state index contributed by atoms with van der Waals surface area (Å²) in [7, 11) is 0. The van der Waals surface area contributed by atoms with Gasteiger partial charge < -0.3 is 5.43 Å². The lowest BCUT2D eigenvalue weighted by atomic mass is 10.1. The zero-order valence-electron chi connectivity index (χ0n) is 9.80. The molecule has 0 unspecified atom stereocenters. The fourth-order valence-electron chi connectivity index (χ4n) is 1.42. The molecule has 18 heavy (non-hydrogen) atoms. The van der Waals surface area contributed by atoms with E-state index >= 15 is 0 Å². The maximum atomic E-state index is 12.0. The van der Waals surface area contributed by atoms with Crippen LogP contribution in [0.2, 0.25) is 0 Å². The van der Waals surface area contributed by atoms with Crippen LogP contribution in [0.5, 0.6) is 0 Å². The lowest BCUT2D eigenvalue weighted by molar-refractivity contribution is 0.102. The number of hydrazine groups is 1. The molecule has 94 valence electrons. The van der Waals surface area contributed by atoms with E-state index in [9.17, 15) is 4.79 Å². The lowest BCUT2D eigenvalue weighted by Gasteiger charge is -2.07. The van der Waals surface area contributed by atoms with Crippen molar-refractivity contribution in [2.24, 2.45) is 5.84 Å². The average Bonchev–Trinajstić information content (AvgIpc) is 2.86. The number of amides is 1. The van der Waals surface area contributed by atoms with E-state index in [1.807, 2.05) is 6.92 Å². The molecule has 0 radical (unpaired) electrons. The zero-order chi connectivity index (χ0) is 13.0. The average molecular weight is 263 g/mol. The van der Waals surface area contributed by atoms with E-state index in [0.29, 0.717) is 16.4 Å². The molecule has 2 rings (SSSR count). The molecule has 6 nitrogen and oxygen atoms in total. The molecule has 7 heteroatoms. The van der Waals surface area contributed by atoms with Crippen molar-refractivity contribution in [2.75, 3.05) is 10.7 Å². The Hall–Kier alpha value is -1.99. The third-order valence-electron chi connectivity index (χ3n) is 2.32. The predicted molar refractivity (Wildman–Crippen MR) is 71.5 cm³/mol. The van der Waals surface area contributed by atoms with Gasteiger partial charge in [0.2, 0.25) is 5.13 Å². The molecular weight excluding hydrogens is 250 g/mol. The molecule has 0 bridgehead atoms. The number of nitrogen functional groups attached to an aromatic ring is 1. The smallest absolute Gasteiger partial charge is 0.259 e. The number of hydrogen-bond acceptors (Lipinski definition) is 6. The number of anilines is 2. The third kappa shape index (κ3) is 2.63. The highest BCUT2D eigenvalue weighted by Gasteiger charge is 2.12. The van der Waals surface area contributed by atoms with E-state index in [0.717, 1.165) is 11.4 Å². The Morgan fingerprint density at radius 1 is 1.39 bits per heavy atom. The second kappa shape index (κ2) is 5.56. The normalized spacial score (nSPS) is 10.1. The fraction of sp³-hybridized carbons (Fsp3) is 0.182. The number of rotatable bonds is 4. The molecule has 0 aliphatic rings. The van der Waals surface area contributed by atoms with Crippen molar-refractivity contribution in [1.82, 2.24) is 10.2 Å². The van der Waals surface area contributed by atoms with E-state index in [-0.39, 0.29) is 5.91 Å². The monoisotopic (exact) mass is 263 g/mol. The highest BCUT2D eigenvalue weighted by molar-refractivity contribution is 7.15. The molecule has 4 N–H and O–H groups in total. The van der Waals surface area contributed by atoms with E-state index in [4.69, 9.17) is 5.84 Å². The van der Waals surface area contributed by atoms with Gasteiger partial charge in [0.15, 0.2) is 0 Å². The van der Waals surface area contributed by atoms with Crippen molar-refractivity contribution >= 4 is 28.1 Å². The predicted octanol–water partition coefficient (Wildman–Crippen LogP) is 1.64. The van der Waals surface area contributed by atoms with E-state index in [1.165, 1.54) is 11.3 Å². The molecule has 0 atom stereocenters. The van der Waals surface area contributed by atoms with Gasteiger partial charge in [-0.3, -0.25) is 16.0 Å². The van der Waals surface area contributed by atoms with Gasteiger partial charge in [-0.1, -0.05) is 30.4 Å². The van der Waals surface area contributed by atoms with E-state index in [1.54, 1.807) is 24.3 Å². The molecule has 1 amide bonds. The van der Waals surface area contributed by atoms with Crippen LogP contribution in [0.25, 0.3) is 0 Å². The van der Waals surface area contributed by atoms with Crippen molar-refractivity contribution in [3.8, 4) is 0 Å². The molecule has 0 aliphatic heterocycles. The molecule has 1 heterocycles. The summed E-state index contributed by atoms with van der Waals surface area (Å²) in [6.45, 7) is 1.99. The summed E-state index contributed by atoms with van der Waals surface area (Å²) in [5, 5.41) is 11.9. The van der Waals surface area contributed by atoms with Crippen LogP contribution in [-0.4, -0.2) is 16.1 Å². The van der Waals surface area contributed by atoms with Gasteiger partial charge in [-0.2, -0.15) is 0 Å². The van der Waals surface area contributed by atoms with Crippen molar-refractivity contribution in [1.29, 1.82) is 0 Å². The minimum Gasteiger partial charge on any atom is -0.323 e. The Kier molecular flexibility index (Phi) is 3.85. The number of benzene rings is 1. The molecular formula is C11H13N5OS. The second-order valence-electron chi connectivity index (χ2n) is 3.50. The number of carbonyl (C=O) groups is 1. The Bertz CT molecular complexity index is 554. The van der Waals surface area contributed by atoms with Gasteiger partial charge in [-0.25, -0.2) is 0 Å². The maximum Gasteiger partial charge on any atom is 0.259 e. The third-order valence-corrected chi connectivity index (χ3v) is 3.30. The number of nitrogens with zero attached hydrogens (tertiary/aromatic N) is 2. The Balaban J connectivity index is 2.16. The second-order valence-corrected chi connectivity index (χ2v) is 4.56. The Labute approximate surface area is 108 Å². The molecule has 0 spiro atoms. The van der Waals surface area contributed by atoms with Gasteiger partial charge in [0.25, 0.3) is 5.91 Å². The lowest BCUT2D eigenvalue weighted by Crippen LogP contribution is -2.17. The van der Waals surface area contributed by atoms with Gasteiger partial charge in [-0.15, -0.1) is 10.2 Å². The first-order chi connectivity index (χ1) is 8.74. The van der Waals surface area contributed by atoms with Crippen LogP contribution in [0.3, 0.4) is 0 Å². The van der Waals surface area contributed by atoms with Crippen molar-refractivity contribution < 1.29 is 4.79 Å².